The molecule has 0 bridgehead atoms. The summed E-state index contributed by atoms with van der Waals surface area (Å²) >= 11 is 0. The van der Waals surface area contributed by atoms with E-state index < -0.39 is 0 Å². The molecular weight excluding hydrogens is 180 g/mol. The maximum atomic E-state index is 4.05. The van der Waals surface area contributed by atoms with Gasteiger partial charge in [-0.3, -0.25) is 0 Å². The highest BCUT2D eigenvalue weighted by atomic mass is 14.2. The average molecular weight is 201 g/mol. The molecule has 0 aromatic heterocycles. The summed E-state index contributed by atoms with van der Waals surface area (Å²) in [6.45, 7) is 6.20. The normalized spacial score (nSPS) is 18.3. The third-order valence-electron chi connectivity index (χ3n) is 3.58. The SMILES string of the molecule is [CH2]C(C)c1ccc(C2CCCCC2)cc1. The fourth-order valence-electron chi connectivity index (χ4n) is 2.53. The number of benzene rings is 1. The lowest BCUT2D eigenvalue weighted by Crippen LogP contribution is -2.04. The largest absolute Gasteiger partial charge is 0.0585 e. The highest BCUT2D eigenvalue weighted by Crippen LogP contribution is 2.32. The number of hydrogen-bond donors (Lipinski definition) is 0. The van der Waals surface area contributed by atoms with Gasteiger partial charge in [-0.15, -0.1) is 0 Å². The molecule has 1 aromatic rings. The van der Waals surface area contributed by atoms with Crippen LogP contribution in [0.3, 0.4) is 0 Å². The van der Waals surface area contributed by atoms with Crippen LogP contribution in [0, 0.1) is 6.92 Å². The van der Waals surface area contributed by atoms with Crippen LogP contribution in [0.2, 0.25) is 0 Å². The molecule has 1 atom stereocenters. The van der Waals surface area contributed by atoms with E-state index in [-0.39, 0.29) is 0 Å². The van der Waals surface area contributed by atoms with Crippen molar-refractivity contribution in [3.8, 4) is 0 Å². The van der Waals surface area contributed by atoms with Gasteiger partial charge in [-0.05, 0) is 42.7 Å². The summed E-state index contributed by atoms with van der Waals surface area (Å²) in [5.41, 5.74) is 2.90. The topological polar surface area (TPSA) is 0 Å². The number of hydrogen-bond acceptors (Lipinski definition) is 0. The van der Waals surface area contributed by atoms with E-state index in [1.54, 1.807) is 5.56 Å². The van der Waals surface area contributed by atoms with Gasteiger partial charge in [0.15, 0.2) is 0 Å². The smallest absolute Gasteiger partial charge is 0.0162 e. The molecule has 0 N–H and O–H groups in total. The van der Waals surface area contributed by atoms with Crippen LogP contribution in [-0.2, 0) is 0 Å². The van der Waals surface area contributed by atoms with E-state index in [0.717, 1.165) is 5.92 Å². The summed E-state index contributed by atoms with van der Waals surface area (Å²) < 4.78 is 0. The minimum Gasteiger partial charge on any atom is -0.0585 e. The third kappa shape index (κ3) is 2.62. The van der Waals surface area contributed by atoms with Crippen molar-refractivity contribution in [2.75, 3.05) is 0 Å². The van der Waals surface area contributed by atoms with Gasteiger partial charge >= 0.3 is 0 Å². The molecule has 1 saturated carbocycles. The van der Waals surface area contributed by atoms with E-state index in [1.807, 2.05) is 0 Å². The van der Waals surface area contributed by atoms with E-state index in [2.05, 4.69) is 38.1 Å². The van der Waals surface area contributed by atoms with Crippen molar-refractivity contribution in [3.05, 3.63) is 42.3 Å². The van der Waals surface area contributed by atoms with E-state index in [9.17, 15) is 0 Å². The Morgan fingerprint density at radius 1 is 1.07 bits per heavy atom. The summed E-state index contributed by atoms with van der Waals surface area (Å²) in [5, 5.41) is 0. The predicted molar refractivity (Wildman–Crippen MR) is 66.0 cm³/mol. The Balaban J connectivity index is 2.08. The van der Waals surface area contributed by atoms with Crippen molar-refractivity contribution < 1.29 is 0 Å². The Bertz CT molecular complexity index is 288. The molecular formula is C15H21. The zero-order chi connectivity index (χ0) is 10.7. The first kappa shape index (κ1) is 10.7. The van der Waals surface area contributed by atoms with E-state index in [4.69, 9.17) is 0 Å². The van der Waals surface area contributed by atoms with Crippen molar-refractivity contribution in [2.45, 2.75) is 50.9 Å². The fraction of sp³-hybridized carbons (Fsp3) is 0.533. The van der Waals surface area contributed by atoms with Gasteiger partial charge in [0.25, 0.3) is 0 Å². The van der Waals surface area contributed by atoms with Crippen LogP contribution in [0.1, 0.15) is 62.0 Å². The van der Waals surface area contributed by atoms with Gasteiger partial charge < -0.3 is 0 Å². The van der Waals surface area contributed by atoms with E-state index >= 15 is 0 Å². The van der Waals surface area contributed by atoms with Crippen molar-refractivity contribution in [2.24, 2.45) is 0 Å². The minimum atomic E-state index is 0.408. The van der Waals surface area contributed by atoms with Crippen LogP contribution >= 0.6 is 0 Å². The van der Waals surface area contributed by atoms with Crippen LogP contribution < -0.4 is 0 Å². The monoisotopic (exact) mass is 201 g/mol. The van der Waals surface area contributed by atoms with Crippen molar-refractivity contribution >= 4 is 0 Å². The molecule has 81 valence electrons. The molecule has 0 nitrogen and oxygen atoms in total. The van der Waals surface area contributed by atoms with Crippen LogP contribution in [0.4, 0.5) is 0 Å². The molecule has 1 fully saturated rings. The molecule has 0 aliphatic heterocycles. The highest BCUT2D eigenvalue weighted by molar-refractivity contribution is 5.28. The minimum absolute atomic E-state index is 0.408. The van der Waals surface area contributed by atoms with Crippen LogP contribution in [0.25, 0.3) is 0 Å². The Hall–Kier alpha value is -0.780. The molecule has 1 aliphatic rings. The molecule has 1 aromatic carbocycles. The van der Waals surface area contributed by atoms with Crippen molar-refractivity contribution in [1.82, 2.24) is 0 Å². The molecule has 1 unspecified atom stereocenters. The van der Waals surface area contributed by atoms with Crippen molar-refractivity contribution in [3.63, 3.8) is 0 Å². The Morgan fingerprint density at radius 2 is 1.67 bits per heavy atom. The lowest BCUT2D eigenvalue weighted by atomic mass is 9.83. The Morgan fingerprint density at radius 3 is 2.20 bits per heavy atom. The van der Waals surface area contributed by atoms with Crippen LogP contribution in [0.15, 0.2) is 24.3 Å². The second-order valence-electron chi connectivity index (χ2n) is 4.90. The maximum Gasteiger partial charge on any atom is -0.0162 e. The molecule has 0 saturated heterocycles. The molecule has 0 spiro atoms. The lowest BCUT2D eigenvalue weighted by molar-refractivity contribution is 0.443. The zero-order valence-corrected chi connectivity index (χ0v) is 9.71. The molecule has 0 heterocycles. The summed E-state index contributed by atoms with van der Waals surface area (Å²) in [7, 11) is 0. The van der Waals surface area contributed by atoms with Gasteiger partial charge in [0.1, 0.15) is 0 Å². The molecule has 0 heteroatoms. The summed E-state index contributed by atoms with van der Waals surface area (Å²) in [6, 6.07) is 9.13. The second kappa shape index (κ2) is 4.83. The van der Waals surface area contributed by atoms with Gasteiger partial charge in [0, 0.05) is 0 Å². The first-order chi connectivity index (χ1) is 7.27. The van der Waals surface area contributed by atoms with Crippen LogP contribution in [0.5, 0.6) is 0 Å². The van der Waals surface area contributed by atoms with Crippen molar-refractivity contribution in [1.29, 1.82) is 0 Å². The molecule has 0 amide bonds. The molecule has 15 heavy (non-hydrogen) atoms. The third-order valence-corrected chi connectivity index (χ3v) is 3.58. The first-order valence-electron chi connectivity index (χ1n) is 6.20. The molecule has 2 rings (SSSR count). The summed E-state index contributed by atoms with van der Waals surface area (Å²) in [5.74, 6) is 1.23. The zero-order valence-electron chi connectivity index (χ0n) is 9.71. The van der Waals surface area contributed by atoms with E-state index in [1.165, 1.54) is 37.7 Å². The standard InChI is InChI=1S/C15H21/c1-12(2)13-8-10-15(11-9-13)14-6-4-3-5-7-14/h8-12,14H,1,3-7H2,2H3. The second-order valence-corrected chi connectivity index (χ2v) is 4.90. The maximum absolute atomic E-state index is 4.05. The Kier molecular flexibility index (Phi) is 3.45. The lowest BCUT2D eigenvalue weighted by Gasteiger charge is -2.22. The van der Waals surface area contributed by atoms with Gasteiger partial charge in [-0.25, -0.2) is 0 Å². The number of rotatable bonds is 2. The van der Waals surface area contributed by atoms with E-state index in [0.29, 0.717) is 5.92 Å². The predicted octanol–water partition coefficient (Wildman–Crippen LogP) is 4.67. The fourth-order valence-corrected chi connectivity index (χ4v) is 2.53. The van der Waals surface area contributed by atoms with Gasteiger partial charge in [0.05, 0.1) is 0 Å². The summed E-state index contributed by atoms with van der Waals surface area (Å²) in [4.78, 5) is 0. The Labute approximate surface area is 93.7 Å². The summed E-state index contributed by atoms with van der Waals surface area (Å²) in [6.07, 6.45) is 7.04. The van der Waals surface area contributed by atoms with Gasteiger partial charge in [0.2, 0.25) is 0 Å². The first-order valence-corrected chi connectivity index (χ1v) is 6.20. The highest BCUT2D eigenvalue weighted by Gasteiger charge is 2.15. The quantitative estimate of drug-likeness (QED) is 0.652. The van der Waals surface area contributed by atoms with Crippen LogP contribution in [-0.4, -0.2) is 0 Å². The van der Waals surface area contributed by atoms with Gasteiger partial charge in [-0.1, -0.05) is 50.5 Å². The molecule has 1 aliphatic carbocycles. The molecule has 1 radical (unpaired) electrons. The van der Waals surface area contributed by atoms with Gasteiger partial charge in [-0.2, -0.15) is 0 Å². The average Bonchev–Trinajstić information content (AvgIpc) is 2.30.